The van der Waals surface area contributed by atoms with E-state index in [0.29, 0.717) is 19.5 Å². The molecule has 2 atom stereocenters. The van der Waals surface area contributed by atoms with Crippen molar-refractivity contribution in [2.45, 2.75) is 31.8 Å². The molecule has 0 radical (unpaired) electrons. The third kappa shape index (κ3) is 2.32. The third-order valence-corrected chi connectivity index (χ3v) is 4.64. The van der Waals surface area contributed by atoms with Gasteiger partial charge in [0.25, 0.3) is 0 Å². The number of fused-ring (bicyclic) bond motifs is 1. The molecule has 3 rings (SSSR count). The first-order chi connectivity index (χ1) is 9.16. The number of hydrogen-bond acceptors (Lipinski definition) is 3. The highest BCUT2D eigenvalue weighted by Crippen LogP contribution is 2.34. The highest BCUT2D eigenvalue weighted by atomic mass is 16.3. The van der Waals surface area contributed by atoms with E-state index in [2.05, 4.69) is 0 Å². The second-order valence-electron chi connectivity index (χ2n) is 5.90. The van der Waals surface area contributed by atoms with Gasteiger partial charge in [-0.1, -0.05) is 12.2 Å². The van der Waals surface area contributed by atoms with Crippen LogP contribution in [0.1, 0.15) is 25.7 Å². The lowest BCUT2D eigenvalue weighted by Crippen LogP contribution is -3.14. The lowest BCUT2D eigenvalue weighted by atomic mass is 9.85. The lowest BCUT2D eigenvalue weighted by molar-refractivity contribution is -0.913. The fourth-order valence-corrected chi connectivity index (χ4v) is 3.42. The molecule has 1 aliphatic carbocycles. The summed E-state index contributed by atoms with van der Waals surface area (Å²) in [5.74, 6) is -0.212. The number of aliphatic hydroxyl groups is 1. The molecule has 3 aliphatic rings. The number of carbonyl (C=O) groups excluding carboxylic acids is 2. The molecule has 0 bridgehead atoms. The Hall–Kier alpha value is -1.20. The molecular formula is C14H21N2O3+. The summed E-state index contributed by atoms with van der Waals surface area (Å²) in [6, 6.07) is 0. The van der Waals surface area contributed by atoms with Crippen LogP contribution in [0.15, 0.2) is 12.2 Å². The monoisotopic (exact) mass is 265 g/mol. The number of carbonyl (C=O) groups is 2. The molecule has 5 heteroatoms. The van der Waals surface area contributed by atoms with Crippen molar-refractivity contribution in [2.24, 2.45) is 11.8 Å². The first-order valence-corrected chi connectivity index (χ1v) is 7.18. The average molecular weight is 265 g/mol. The standard InChI is InChI=1S/C14H20N2O3/c17-10-5-7-15(8-6-10)9-16-13(18)11-3-1-2-4-12(11)14(16)19/h1-2,10-12,17H,3-9H2/p+1/t11-,12-/m0/s1. The van der Waals surface area contributed by atoms with Crippen LogP contribution in [0, 0.1) is 11.8 Å². The van der Waals surface area contributed by atoms with Crippen LogP contribution in [-0.2, 0) is 9.59 Å². The molecular weight excluding hydrogens is 244 g/mol. The Morgan fingerprint density at radius 1 is 1.11 bits per heavy atom. The zero-order valence-electron chi connectivity index (χ0n) is 11.0. The zero-order valence-corrected chi connectivity index (χ0v) is 11.0. The summed E-state index contributed by atoms with van der Waals surface area (Å²) < 4.78 is 0. The van der Waals surface area contributed by atoms with E-state index >= 15 is 0 Å². The van der Waals surface area contributed by atoms with Crippen LogP contribution in [0.25, 0.3) is 0 Å². The van der Waals surface area contributed by atoms with Gasteiger partial charge in [0, 0.05) is 12.8 Å². The summed E-state index contributed by atoms with van der Waals surface area (Å²) in [6.45, 7) is 2.16. The highest BCUT2D eigenvalue weighted by molar-refractivity contribution is 6.05. The van der Waals surface area contributed by atoms with Crippen molar-refractivity contribution in [3.8, 4) is 0 Å². The average Bonchev–Trinajstić information content (AvgIpc) is 2.67. The Labute approximate surface area is 112 Å². The minimum Gasteiger partial charge on any atom is -0.393 e. The van der Waals surface area contributed by atoms with Crippen LogP contribution in [0.3, 0.4) is 0 Å². The fraction of sp³-hybridized carbons (Fsp3) is 0.714. The Balaban J connectivity index is 1.65. The largest absolute Gasteiger partial charge is 0.393 e. The van der Waals surface area contributed by atoms with Gasteiger partial charge >= 0.3 is 0 Å². The molecule has 2 saturated heterocycles. The quantitative estimate of drug-likeness (QED) is 0.494. The van der Waals surface area contributed by atoms with E-state index in [-0.39, 0.29) is 29.8 Å². The Bertz CT molecular complexity index is 387. The number of likely N-dealkylation sites (tertiary alicyclic amines) is 2. The van der Waals surface area contributed by atoms with Gasteiger partial charge in [0.1, 0.15) is 0 Å². The maximum absolute atomic E-state index is 12.3. The third-order valence-electron chi connectivity index (χ3n) is 4.64. The smallest absolute Gasteiger partial charge is 0.237 e. The Kier molecular flexibility index (Phi) is 3.41. The number of rotatable bonds is 2. The van der Waals surface area contributed by atoms with Crippen molar-refractivity contribution >= 4 is 11.8 Å². The van der Waals surface area contributed by atoms with Gasteiger partial charge in [-0.2, -0.15) is 0 Å². The SMILES string of the molecule is O=C1[C@H]2CC=CC[C@@H]2C(=O)N1C[NH+]1CCC(O)CC1. The number of amides is 2. The van der Waals surface area contributed by atoms with Crippen molar-refractivity contribution in [1.29, 1.82) is 0 Å². The molecule has 2 amide bonds. The molecule has 0 saturated carbocycles. The Morgan fingerprint density at radius 2 is 1.63 bits per heavy atom. The number of allylic oxidation sites excluding steroid dienone is 2. The van der Waals surface area contributed by atoms with Crippen LogP contribution >= 0.6 is 0 Å². The molecule has 2 heterocycles. The molecule has 0 aromatic carbocycles. The van der Waals surface area contributed by atoms with Crippen molar-refractivity contribution in [3.05, 3.63) is 12.2 Å². The molecule has 2 aliphatic heterocycles. The van der Waals surface area contributed by atoms with Gasteiger partial charge in [-0.25, -0.2) is 4.90 Å². The van der Waals surface area contributed by atoms with E-state index in [0.717, 1.165) is 25.9 Å². The maximum Gasteiger partial charge on any atom is 0.237 e. The number of piperidine rings is 1. The summed E-state index contributed by atoms with van der Waals surface area (Å²) >= 11 is 0. The van der Waals surface area contributed by atoms with Crippen molar-refractivity contribution in [3.63, 3.8) is 0 Å². The van der Waals surface area contributed by atoms with Gasteiger partial charge in [-0.15, -0.1) is 0 Å². The van der Waals surface area contributed by atoms with Gasteiger partial charge in [-0.3, -0.25) is 9.59 Å². The van der Waals surface area contributed by atoms with Gasteiger partial charge in [-0.05, 0) is 12.8 Å². The van der Waals surface area contributed by atoms with Crippen LogP contribution in [0.5, 0.6) is 0 Å². The Morgan fingerprint density at radius 3 is 2.16 bits per heavy atom. The molecule has 0 unspecified atom stereocenters. The first kappa shape index (κ1) is 12.8. The molecule has 104 valence electrons. The maximum atomic E-state index is 12.3. The van der Waals surface area contributed by atoms with E-state index in [1.165, 1.54) is 9.80 Å². The molecule has 5 nitrogen and oxygen atoms in total. The van der Waals surface area contributed by atoms with Crippen LogP contribution in [0.4, 0.5) is 0 Å². The molecule has 0 spiro atoms. The van der Waals surface area contributed by atoms with Crippen LogP contribution in [0.2, 0.25) is 0 Å². The fourth-order valence-electron chi connectivity index (χ4n) is 3.42. The van der Waals surface area contributed by atoms with Crippen LogP contribution < -0.4 is 4.90 Å². The lowest BCUT2D eigenvalue weighted by Gasteiger charge is -2.29. The second-order valence-corrected chi connectivity index (χ2v) is 5.90. The summed E-state index contributed by atoms with van der Waals surface area (Å²) in [4.78, 5) is 27.3. The number of nitrogens with zero attached hydrogens (tertiary/aromatic N) is 1. The molecule has 0 aromatic heterocycles. The number of imide groups is 1. The molecule has 0 aromatic rings. The van der Waals surface area contributed by atoms with E-state index in [4.69, 9.17) is 0 Å². The number of nitrogens with one attached hydrogen (secondary N) is 1. The number of quaternary nitrogens is 1. The molecule has 2 N–H and O–H groups in total. The van der Waals surface area contributed by atoms with Gasteiger partial charge < -0.3 is 10.0 Å². The van der Waals surface area contributed by atoms with E-state index < -0.39 is 0 Å². The van der Waals surface area contributed by atoms with Gasteiger partial charge in [0.15, 0.2) is 6.67 Å². The summed E-state index contributed by atoms with van der Waals surface area (Å²) in [6.07, 6.45) is 6.76. The topological polar surface area (TPSA) is 62.0 Å². The minimum atomic E-state index is -0.208. The van der Waals surface area contributed by atoms with E-state index in [1.807, 2.05) is 12.2 Å². The van der Waals surface area contributed by atoms with Gasteiger partial charge in [0.2, 0.25) is 11.8 Å². The molecule has 19 heavy (non-hydrogen) atoms. The predicted octanol–water partition coefficient (Wildman–Crippen LogP) is -1.07. The summed E-state index contributed by atoms with van der Waals surface area (Å²) in [7, 11) is 0. The number of aliphatic hydroxyl groups excluding tert-OH is 1. The highest BCUT2D eigenvalue weighted by Gasteiger charge is 2.48. The normalized spacial score (nSPS) is 38.7. The summed E-state index contributed by atoms with van der Waals surface area (Å²) in [5.41, 5.74) is 0. The van der Waals surface area contributed by atoms with Crippen molar-refractivity contribution in [1.82, 2.24) is 4.90 Å². The molecule has 2 fully saturated rings. The van der Waals surface area contributed by atoms with E-state index in [9.17, 15) is 14.7 Å². The zero-order chi connectivity index (χ0) is 13.4. The van der Waals surface area contributed by atoms with Crippen molar-refractivity contribution in [2.75, 3.05) is 19.8 Å². The second kappa shape index (κ2) is 5.06. The summed E-state index contributed by atoms with van der Waals surface area (Å²) in [5, 5.41) is 9.49. The first-order valence-electron chi connectivity index (χ1n) is 7.18. The van der Waals surface area contributed by atoms with Gasteiger partial charge in [0.05, 0.1) is 31.0 Å². The minimum absolute atomic E-state index is 0.0120. The van der Waals surface area contributed by atoms with E-state index in [1.54, 1.807) is 0 Å². The number of hydrogen-bond donors (Lipinski definition) is 2. The van der Waals surface area contributed by atoms with Crippen molar-refractivity contribution < 1.29 is 19.6 Å². The van der Waals surface area contributed by atoms with Crippen LogP contribution in [-0.4, -0.2) is 47.7 Å². The predicted molar refractivity (Wildman–Crippen MR) is 68.0 cm³/mol.